The molecule has 1 atom stereocenters. The van der Waals surface area contributed by atoms with Crippen LogP contribution in [-0.2, 0) is 22.7 Å². The number of amides is 1. The van der Waals surface area contributed by atoms with Crippen LogP contribution in [0.25, 0.3) is 5.76 Å². The van der Waals surface area contributed by atoms with E-state index in [2.05, 4.69) is 11.1 Å². The lowest BCUT2D eigenvalue weighted by atomic mass is 9.94. The first-order chi connectivity index (χ1) is 19.9. The van der Waals surface area contributed by atoms with E-state index in [1.165, 1.54) is 19.1 Å². The third-order valence-electron chi connectivity index (χ3n) is 6.98. The molecule has 0 unspecified atom stereocenters. The van der Waals surface area contributed by atoms with Gasteiger partial charge in [-0.15, -0.1) is 0 Å². The Balaban J connectivity index is 1.51. The smallest absolute Gasteiger partial charge is 0.295 e. The van der Waals surface area contributed by atoms with Crippen LogP contribution in [0.2, 0.25) is 0 Å². The zero-order valence-corrected chi connectivity index (χ0v) is 23.0. The topological polar surface area (TPSA) is 98.2 Å². The fourth-order valence-electron chi connectivity index (χ4n) is 4.93. The van der Waals surface area contributed by atoms with E-state index in [0.717, 1.165) is 16.7 Å². The van der Waals surface area contributed by atoms with Gasteiger partial charge in [-0.25, -0.2) is 0 Å². The molecule has 208 valence electrons. The number of ketones is 1. The number of hydrogen-bond acceptors (Lipinski definition) is 7. The lowest BCUT2D eigenvalue weighted by Crippen LogP contribution is -2.29. The summed E-state index contributed by atoms with van der Waals surface area (Å²) >= 11 is 0. The van der Waals surface area contributed by atoms with Gasteiger partial charge in [-0.2, -0.15) is 0 Å². The van der Waals surface area contributed by atoms with Gasteiger partial charge in [0, 0.05) is 24.5 Å². The summed E-state index contributed by atoms with van der Waals surface area (Å²) in [5.74, 6) is -0.196. The van der Waals surface area contributed by atoms with Crippen molar-refractivity contribution in [3.63, 3.8) is 0 Å². The maximum Gasteiger partial charge on any atom is 0.295 e. The van der Waals surface area contributed by atoms with Crippen LogP contribution in [0.15, 0.2) is 96.8 Å². The van der Waals surface area contributed by atoms with Gasteiger partial charge in [-0.1, -0.05) is 35.9 Å². The normalized spacial score (nSPS) is 16.1. The number of methoxy groups -OCH3 is 2. The van der Waals surface area contributed by atoms with E-state index in [0.29, 0.717) is 35.0 Å². The van der Waals surface area contributed by atoms with E-state index in [1.807, 2.05) is 25.1 Å². The number of carbonyl (C=O) groups excluding carboxylic acids is 2. The van der Waals surface area contributed by atoms with Crippen molar-refractivity contribution >= 4 is 17.4 Å². The summed E-state index contributed by atoms with van der Waals surface area (Å²) in [5.41, 5.74) is 3.96. The van der Waals surface area contributed by atoms with E-state index >= 15 is 0 Å². The quantitative estimate of drug-likeness (QED) is 0.164. The van der Waals surface area contributed by atoms with Gasteiger partial charge in [0.05, 0.1) is 25.8 Å². The Bertz CT molecular complexity index is 1600. The molecule has 0 bridgehead atoms. The monoisotopic (exact) mass is 550 g/mol. The molecule has 2 heterocycles. The number of aliphatic hydroxyl groups is 1. The average Bonchev–Trinajstić information content (AvgIpc) is 3.25. The number of likely N-dealkylation sites (tertiary alicyclic amines) is 1. The molecule has 1 amide bonds. The van der Waals surface area contributed by atoms with Crippen LogP contribution in [0.3, 0.4) is 0 Å². The number of Topliss-reactive ketones (excluding diaryl/α,β-unsaturated/α-hetero) is 1. The van der Waals surface area contributed by atoms with Gasteiger partial charge >= 0.3 is 0 Å². The van der Waals surface area contributed by atoms with Gasteiger partial charge in [0.2, 0.25) is 0 Å². The van der Waals surface area contributed by atoms with Crippen LogP contribution in [0.4, 0.5) is 0 Å². The minimum absolute atomic E-state index is 0.00953. The molecule has 1 fully saturated rings. The first-order valence-corrected chi connectivity index (χ1v) is 13.1. The van der Waals surface area contributed by atoms with Crippen molar-refractivity contribution < 1.29 is 28.9 Å². The fourth-order valence-corrected chi connectivity index (χ4v) is 4.93. The molecule has 0 radical (unpaired) electrons. The van der Waals surface area contributed by atoms with Crippen LogP contribution in [-0.4, -0.2) is 40.9 Å². The van der Waals surface area contributed by atoms with Crippen LogP contribution >= 0.6 is 0 Å². The first-order valence-electron chi connectivity index (χ1n) is 13.1. The van der Waals surface area contributed by atoms with Crippen LogP contribution in [0.5, 0.6) is 17.2 Å². The fraction of sp³-hybridized carbons (Fsp3) is 0.182. The summed E-state index contributed by atoms with van der Waals surface area (Å²) in [6.07, 6.45) is 3.25. The molecule has 3 aromatic carbocycles. The van der Waals surface area contributed by atoms with Gasteiger partial charge in [-0.3, -0.25) is 14.6 Å². The Morgan fingerprint density at radius 1 is 0.878 bits per heavy atom. The van der Waals surface area contributed by atoms with Crippen molar-refractivity contribution in [2.45, 2.75) is 26.1 Å². The van der Waals surface area contributed by atoms with E-state index in [1.54, 1.807) is 67.0 Å². The highest BCUT2D eigenvalue weighted by molar-refractivity contribution is 6.46. The molecule has 5 rings (SSSR count). The second-order valence-corrected chi connectivity index (χ2v) is 9.70. The van der Waals surface area contributed by atoms with Gasteiger partial charge < -0.3 is 24.2 Å². The van der Waals surface area contributed by atoms with Gasteiger partial charge in [0.25, 0.3) is 11.7 Å². The first kappa shape index (κ1) is 27.5. The Kier molecular flexibility index (Phi) is 8.01. The molecular weight excluding hydrogens is 520 g/mol. The summed E-state index contributed by atoms with van der Waals surface area (Å²) < 4.78 is 16.8. The van der Waals surface area contributed by atoms with E-state index in [4.69, 9.17) is 14.2 Å². The Hall–Kier alpha value is -5.11. The van der Waals surface area contributed by atoms with Crippen molar-refractivity contribution in [3.05, 3.63) is 125 Å². The highest BCUT2D eigenvalue weighted by Gasteiger charge is 2.46. The summed E-state index contributed by atoms with van der Waals surface area (Å²) in [5, 5.41) is 11.5. The van der Waals surface area contributed by atoms with Crippen molar-refractivity contribution in [3.8, 4) is 17.2 Å². The summed E-state index contributed by atoms with van der Waals surface area (Å²) in [7, 11) is 3.04. The zero-order chi connectivity index (χ0) is 28.9. The predicted molar refractivity (Wildman–Crippen MR) is 154 cm³/mol. The van der Waals surface area contributed by atoms with E-state index < -0.39 is 17.7 Å². The van der Waals surface area contributed by atoms with Crippen LogP contribution in [0, 0.1) is 6.92 Å². The molecule has 1 aliphatic heterocycles. The molecule has 1 N–H and O–H groups in total. The summed E-state index contributed by atoms with van der Waals surface area (Å²) in [6, 6.07) is 22.7. The van der Waals surface area contributed by atoms with Crippen molar-refractivity contribution in [1.82, 2.24) is 9.88 Å². The molecule has 0 spiro atoms. The Labute approximate surface area is 238 Å². The number of pyridine rings is 1. The SMILES string of the molecule is COc1ccc([C@@H]2/C(=C(\O)c3ccc(OCc4cccc(C)c4)cc3)C(=O)C(=O)N2Cc2ccncc2)cc1OC. The second kappa shape index (κ2) is 12.0. The standard InChI is InChI=1S/C33H30N2O6/c1-21-5-4-6-23(17-21)20-41-26-10-7-24(8-11-26)31(36)29-30(25-9-12-27(39-2)28(18-25)40-3)35(33(38)32(29)37)19-22-13-15-34-16-14-22/h4-18,30,36H,19-20H2,1-3H3/b31-29+/t30-/m1/s1. The number of carbonyl (C=O) groups is 2. The number of aromatic nitrogens is 1. The molecule has 1 aliphatic rings. The van der Waals surface area contributed by atoms with Crippen LogP contribution < -0.4 is 14.2 Å². The number of ether oxygens (including phenoxy) is 3. The molecule has 8 nitrogen and oxygen atoms in total. The maximum absolute atomic E-state index is 13.4. The van der Waals surface area contributed by atoms with Crippen LogP contribution in [0.1, 0.15) is 33.9 Å². The minimum atomic E-state index is -0.861. The van der Waals surface area contributed by atoms with E-state index in [-0.39, 0.29) is 17.9 Å². The Morgan fingerprint density at radius 2 is 1.61 bits per heavy atom. The van der Waals surface area contributed by atoms with Crippen molar-refractivity contribution in [2.75, 3.05) is 14.2 Å². The highest BCUT2D eigenvalue weighted by atomic mass is 16.5. The molecule has 1 saturated heterocycles. The third-order valence-corrected chi connectivity index (χ3v) is 6.98. The molecule has 0 saturated carbocycles. The zero-order valence-electron chi connectivity index (χ0n) is 23.0. The molecule has 8 heteroatoms. The minimum Gasteiger partial charge on any atom is -0.507 e. The van der Waals surface area contributed by atoms with E-state index in [9.17, 15) is 14.7 Å². The molecule has 4 aromatic rings. The van der Waals surface area contributed by atoms with Gasteiger partial charge in [0.1, 0.15) is 18.1 Å². The highest BCUT2D eigenvalue weighted by Crippen LogP contribution is 2.42. The summed E-state index contributed by atoms with van der Waals surface area (Å²) in [4.78, 5) is 32.3. The number of rotatable bonds is 9. The number of aryl methyl sites for hydroxylation is 1. The number of aliphatic hydroxyl groups excluding tert-OH is 1. The lowest BCUT2D eigenvalue weighted by Gasteiger charge is -2.26. The largest absolute Gasteiger partial charge is 0.507 e. The lowest BCUT2D eigenvalue weighted by molar-refractivity contribution is -0.140. The number of hydrogen-bond donors (Lipinski definition) is 1. The molecular formula is C33H30N2O6. The van der Waals surface area contributed by atoms with Crippen molar-refractivity contribution in [1.29, 1.82) is 0 Å². The summed E-state index contributed by atoms with van der Waals surface area (Å²) in [6.45, 7) is 2.57. The number of benzene rings is 3. The van der Waals surface area contributed by atoms with Gasteiger partial charge in [-0.05, 0) is 72.1 Å². The third kappa shape index (κ3) is 5.77. The molecule has 1 aromatic heterocycles. The average molecular weight is 551 g/mol. The Morgan fingerprint density at radius 3 is 2.29 bits per heavy atom. The second-order valence-electron chi connectivity index (χ2n) is 9.70. The molecule has 41 heavy (non-hydrogen) atoms. The van der Waals surface area contributed by atoms with Crippen molar-refractivity contribution in [2.24, 2.45) is 0 Å². The van der Waals surface area contributed by atoms with Gasteiger partial charge in [0.15, 0.2) is 11.5 Å². The number of nitrogens with zero attached hydrogens (tertiary/aromatic N) is 2. The molecule has 0 aliphatic carbocycles. The predicted octanol–water partition coefficient (Wildman–Crippen LogP) is 5.61. The maximum atomic E-state index is 13.4.